The third kappa shape index (κ3) is 3.60. The lowest BCUT2D eigenvalue weighted by molar-refractivity contribution is 0.0709. The van der Waals surface area contributed by atoms with Gasteiger partial charge < -0.3 is 10.2 Å². The number of piperazine rings is 1. The van der Waals surface area contributed by atoms with Gasteiger partial charge in [-0.05, 0) is 41.1 Å². The van der Waals surface area contributed by atoms with Crippen molar-refractivity contribution in [3.05, 3.63) is 33.3 Å². The zero-order valence-electron chi connectivity index (χ0n) is 9.95. The summed E-state index contributed by atoms with van der Waals surface area (Å²) in [6.45, 7) is 4.41. The van der Waals surface area contributed by atoms with Crippen molar-refractivity contribution in [2.75, 3.05) is 19.6 Å². The molecule has 0 aromatic heterocycles. The van der Waals surface area contributed by atoms with Crippen LogP contribution >= 0.6 is 39.9 Å². The Hall–Kier alpha value is -0.290. The molecule has 1 aliphatic rings. The molecule has 1 saturated heterocycles. The number of amides is 1. The second kappa shape index (κ2) is 6.75. The third-order valence-electron chi connectivity index (χ3n) is 2.82. The molecule has 2 rings (SSSR count). The number of hydrogen-bond acceptors (Lipinski definition) is 2. The molecule has 0 radical (unpaired) electrons. The van der Waals surface area contributed by atoms with Crippen LogP contribution in [-0.2, 0) is 0 Å². The summed E-state index contributed by atoms with van der Waals surface area (Å²) in [7, 11) is 0. The van der Waals surface area contributed by atoms with E-state index in [9.17, 15) is 4.79 Å². The highest BCUT2D eigenvalue weighted by atomic mass is 79.9. The van der Waals surface area contributed by atoms with Gasteiger partial charge in [0.25, 0.3) is 5.91 Å². The number of hydrogen-bond donors (Lipinski definition) is 1. The van der Waals surface area contributed by atoms with E-state index in [0.29, 0.717) is 16.6 Å². The Bertz CT molecular complexity index is 442. The van der Waals surface area contributed by atoms with Crippen molar-refractivity contribution in [3.63, 3.8) is 0 Å². The maximum Gasteiger partial charge on any atom is 0.254 e. The number of rotatable bonds is 1. The molecule has 6 heteroatoms. The molecule has 1 atom stereocenters. The second-order valence-electron chi connectivity index (χ2n) is 4.24. The van der Waals surface area contributed by atoms with Crippen LogP contribution in [0.1, 0.15) is 17.3 Å². The van der Waals surface area contributed by atoms with Crippen LogP contribution < -0.4 is 5.32 Å². The molecule has 1 fully saturated rings. The molecule has 3 nitrogen and oxygen atoms in total. The fourth-order valence-corrected chi connectivity index (χ4v) is 2.36. The molecule has 1 amide bonds. The number of nitrogens with one attached hydrogen (secondary N) is 1. The summed E-state index contributed by atoms with van der Waals surface area (Å²) >= 11 is 9.31. The fourth-order valence-electron chi connectivity index (χ4n) is 1.93. The lowest BCUT2D eigenvalue weighted by Gasteiger charge is -2.32. The summed E-state index contributed by atoms with van der Waals surface area (Å²) in [5.41, 5.74) is 0.646. The smallest absolute Gasteiger partial charge is 0.254 e. The van der Waals surface area contributed by atoms with Gasteiger partial charge in [-0.2, -0.15) is 0 Å². The van der Waals surface area contributed by atoms with Crippen LogP contribution in [0.3, 0.4) is 0 Å². The maximum absolute atomic E-state index is 12.2. The van der Waals surface area contributed by atoms with E-state index in [1.54, 1.807) is 18.2 Å². The number of benzene rings is 1. The first-order valence-corrected chi connectivity index (χ1v) is 6.72. The molecule has 18 heavy (non-hydrogen) atoms. The summed E-state index contributed by atoms with van der Waals surface area (Å²) in [6.07, 6.45) is 0. The molecule has 0 unspecified atom stereocenters. The van der Waals surface area contributed by atoms with Crippen LogP contribution in [0.2, 0.25) is 5.02 Å². The molecule has 0 spiro atoms. The van der Waals surface area contributed by atoms with Crippen molar-refractivity contribution in [1.82, 2.24) is 10.2 Å². The fraction of sp³-hybridized carbons (Fsp3) is 0.417. The van der Waals surface area contributed by atoms with Crippen LogP contribution in [0.25, 0.3) is 0 Å². The van der Waals surface area contributed by atoms with E-state index in [1.165, 1.54) is 0 Å². The highest BCUT2D eigenvalue weighted by molar-refractivity contribution is 9.10. The summed E-state index contributed by atoms with van der Waals surface area (Å²) < 4.78 is 0.810. The average molecular weight is 354 g/mol. The van der Waals surface area contributed by atoms with Gasteiger partial charge in [0, 0.05) is 35.7 Å². The summed E-state index contributed by atoms with van der Waals surface area (Å²) in [5, 5.41) is 3.88. The molecular formula is C12H15BrCl2N2O. The Morgan fingerprint density at radius 3 is 2.89 bits per heavy atom. The standard InChI is InChI=1S/C12H14BrClN2O.ClH/c1-8-7-16(5-4-15-8)12(17)9-2-3-10(13)11(14)6-9;/h2-3,6,8,15H,4-5,7H2,1H3;1H/t8-;/m0./s1. The predicted octanol–water partition coefficient (Wildman–Crippen LogP) is 2.96. The lowest BCUT2D eigenvalue weighted by Crippen LogP contribution is -2.51. The van der Waals surface area contributed by atoms with E-state index in [1.807, 2.05) is 4.90 Å². The highest BCUT2D eigenvalue weighted by Crippen LogP contribution is 2.24. The Balaban J connectivity index is 0.00000162. The third-order valence-corrected chi connectivity index (χ3v) is 4.06. The summed E-state index contributed by atoms with van der Waals surface area (Å²) in [5.74, 6) is 0.0488. The van der Waals surface area contributed by atoms with E-state index in [0.717, 1.165) is 24.1 Å². The first-order valence-electron chi connectivity index (χ1n) is 5.55. The molecule has 1 aromatic rings. The number of carbonyl (C=O) groups excluding carboxylic acids is 1. The van der Waals surface area contributed by atoms with Crippen molar-refractivity contribution < 1.29 is 4.79 Å². The molecule has 0 saturated carbocycles. The predicted molar refractivity (Wildman–Crippen MR) is 79.8 cm³/mol. The van der Waals surface area contributed by atoms with Crippen LogP contribution in [0, 0.1) is 0 Å². The minimum absolute atomic E-state index is 0. The molecule has 0 bridgehead atoms. The van der Waals surface area contributed by atoms with Crippen molar-refractivity contribution in [3.8, 4) is 0 Å². The zero-order valence-corrected chi connectivity index (χ0v) is 13.1. The number of carbonyl (C=O) groups is 1. The molecule has 0 aliphatic carbocycles. The van der Waals surface area contributed by atoms with Gasteiger partial charge in [-0.1, -0.05) is 11.6 Å². The monoisotopic (exact) mass is 352 g/mol. The van der Waals surface area contributed by atoms with Gasteiger partial charge in [0.15, 0.2) is 0 Å². The Morgan fingerprint density at radius 1 is 1.56 bits per heavy atom. The first kappa shape index (κ1) is 15.8. The normalized spacial score (nSPS) is 19.3. The van der Waals surface area contributed by atoms with Gasteiger partial charge in [-0.25, -0.2) is 0 Å². The summed E-state index contributed by atoms with van der Waals surface area (Å²) in [6, 6.07) is 5.66. The van der Waals surface area contributed by atoms with E-state index >= 15 is 0 Å². The maximum atomic E-state index is 12.2. The first-order chi connectivity index (χ1) is 8.08. The Morgan fingerprint density at radius 2 is 2.28 bits per heavy atom. The SMILES string of the molecule is C[C@H]1CN(C(=O)c2ccc(Br)c(Cl)c2)CCN1.Cl. The quantitative estimate of drug-likeness (QED) is 0.841. The Kier molecular flexibility index (Phi) is 5.92. The van der Waals surface area contributed by atoms with Crippen molar-refractivity contribution in [1.29, 1.82) is 0 Å². The van der Waals surface area contributed by atoms with Gasteiger partial charge >= 0.3 is 0 Å². The molecule has 1 N–H and O–H groups in total. The average Bonchev–Trinajstić information content (AvgIpc) is 2.32. The van der Waals surface area contributed by atoms with Crippen LogP contribution in [0.5, 0.6) is 0 Å². The van der Waals surface area contributed by atoms with Crippen molar-refractivity contribution in [2.45, 2.75) is 13.0 Å². The van der Waals surface area contributed by atoms with Gasteiger partial charge in [0.05, 0.1) is 5.02 Å². The minimum atomic E-state index is 0. The van der Waals surface area contributed by atoms with Gasteiger partial charge in [-0.15, -0.1) is 12.4 Å². The van der Waals surface area contributed by atoms with E-state index in [-0.39, 0.29) is 18.3 Å². The summed E-state index contributed by atoms with van der Waals surface area (Å²) in [4.78, 5) is 14.1. The molecule has 1 aromatic carbocycles. The van der Waals surface area contributed by atoms with Gasteiger partial charge in [-0.3, -0.25) is 4.79 Å². The van der Waals surface area contributed by atoms with E-state index < -0.39 is 0 Å². The number of nitrogens with zero attached hydrogens (tertiary/aromatic N) is 1. The van der Waals surface area contributed by atoms with Crippen LogP contribution in [0.4, 0.5) is 0 Å². The second-order valence-corrected chi connectivity index (χ2v) is 5.50. The van der Waals surface area contributed by atoms with Crippen LogP contribution in [-0.4, -0.2) is 36.5 Å². The van der Waals surface area contributed by atoms with Crippen molar-refractivity contribution in [2.24, 2.45) is 0 Å². The topological polar surface area (TPSA) is 32.3 Å². The molecular weight excluding hydrogens is 339 g/mol. The van der Waals surface area contributed by atoms with Gasteiger partial charge in [0.2, 0.25) is 0 Å². The molecule has 1 heterocycles. The van der Waals surface area contributed by atoms with E-state index in [4.69, 9.17) is 11.6 Å². The Labute approximate surface area is 126 Å². The van der Waals surface area contributed by atoms with Crippen LogP contribution in [0.15, 0.2) is 22.7 Å². The zero-order chi connectivity index (χ0) is 12.4. The van der Waals surface area contributed by atoms with Gasteiger partial charge in [0.1, 0.15) is 0 Å². The highest BCUT2D eigenvalue weighted by Gasteiger charge is 2.21. The van der Waals surface area contributed by atoms with E-state index in [2.05, 4.69) is 28.2 Å². The minimum Gasteiger partial charge on any atom is -0.336 e. The number of halogens is 3. The molecule has 100 valence electrons. The molecule has 1 aliphatic heterocycles. The lowest BCUT2D eigenvalue weighted by atomic mass is 10.1. The largest absolute Gasteiger partial charge is 0.336 e. The van der Waals surface area contributed by atoms with Crippen molar-refractivity contribution >= 4 is 45.8 Å².